The van der Waals surface area contributed by atoms with Crippen LogP contribution >= 0.6 is 0 Å². The molecule has 0 radical (unpaired) electrons. The number of rotatable bonds is 4. The summed E-state index contributed by atoms with van der Waals surface area (Å²) in [4.78, 5) is 5.07. The van der Waals surface area contributed by atoms with Crippen molar-refractivity contribution in [1.82, 2.24) is 9.55 Å². The van der Waals surface area contributed by atoms with Crippen molar-refractivity contribution in [2.24, 2.45) is 0 Å². The van der Waals surface area contributed by atoms with Gasteiger partial charge in [-0.3, -0.25) is 4.57 Å². The molecule has 3 heteroatoms. The van der Waals surface area contributed by atoms with E-state index in [-0.39, 0.29) is 0 Å². The Balaban J connectivity index is 1.15. The van der Waals surface area contributed by atoms with Crippen LogP contribution in [0.3, 0.4) is 0 Å². The first kappa shape index (κ1) is 28.8. The number of fused-ring (bicyclic) bond motifs is 8. The lowest BCUT2D eigenvalue weighted by atomic mass is 9.84. The number of aromatic nitrogens is 2. The predicted octanol–water partition coefficient (Wildman–Crippen LogP) is 13.4. The van der Waals surface area contributed by atoms with Gasteiger partial charge in [0.15, 0.2) is 0 Å². The molecule has 0 bridgehead atoms. The summed E-state index contributed by atoms with van der Waals surface area (Å²) in [5, 5.41) is 9.60. The second kappa shape index (κ2) is 11.3. The molecule has 2 heterocycles. The molecule has 3 nitrogen and oxygen atoms in total. The Kier molecular flexibility index (Phi) is 6.25. The molecule has 0 amide bonds. The fraction of sp³-hybridized carbons (Fsp3) is 0. The normalized spacial score (nSPS) is 11.8. The van der Waals surface area contributed by atoms with Crippen LogP contribution in [0.2, 0.25) is 0 Å². The monoisotopic (exact) mass is 662 g/mol. The third-order valence-corrected chi connectivity index (χ3v) is 10.6. The molecule has 0 aliphatic rings. The summed E-state index contributed by atoms with van der Waals surface area (Å²) in [5.41, 5.74) is 10.8. The molecule has 52 heavy (non-hydrogen) atoms. The van der Waals surface area contributed by atoms with Gasteiger partial charge in [-0.25, -0.2) is 4.98 Å². The average molecular weight is 663 g/mol. The molecule has 0 N–H and O–H groups in total. The van der Waals surface area contributed by atoms with E-state index in [1.165, 1.54) is 60.0 Å². The van der Waals surface area contributed by atoms with Gasteiger partial charge in [-0.05, 0) is 91.0 Å². The van der Waals surface area contributed by atoms with Crippen molar-refractivity contribution >= 4 is 65.3 Å². The van der Waals surface area contributed by atoms with Crippen molar-refractivity contribution < 1.29 is 4.42 Å². The van der Waals surface area contributed by atoms with Crippen molar-refractivity contribution in [3.63, 3.8) is 0 Å². The summed E-state index contributed by atoms with van der Waals surface area (Å²) < 4.78 is 8.81. The zero-order valence-electron chi connectivity index (χ0n) is 28.1. The molecular weight excluding hydrogens is 633 g/mol. The molecule has 11 aromatic rings. The molecule has 11 rings (SSSR count). The van der Waals surface area contributed by atoms with Gasteiger partial charge in [0.05, 0.1) is 11.0 Å². The van der Waals surface area contributed by atoms with Gasteiger partial charge in [0.2, 0.25) is 0 Å². The summed E-state index contributed by atoms with van der Waals surface area (Å²) in [6.45, 7) is 0. The van der Waals surface area contributed by atoms with Crippen LogP contribution in [0.4, 0.5) is 0 Å². The Morgan fingerprint density at radius 3 is 1.67 bits per heavy atom. The highest BCUT2D eigenvalue weighted by Crippen LogP contribution is 2.47. The third kappa shape index (κ3) is 4.23. The van der Waals surface area contributed by atoms with E-state index < -0.39 is 0 Å². The topological polar surface area (TPSA) is 31.0 Å². The second-order valence-corrected chi connectivity index (χ2v) is 13.5. The zero-order chi connectivity index (χ0) is 34.2. The molecule has 0 saturated heterocycles. The molecule has 0 spiro atoms. The maximum atomic E-state index is 6.54. The minimum atomic E-state index is 0.907. The van der Waals surface area contributed by atoms with Gasteiger partial charge in [-0.15, -0.1) is 0 Å². The van der Waals surface area contributed by atoms with Crippen LogP contribution in [0.15, 0.2) is 186 Å². The van der Waals surface area contributed by atoms with E-state index in [2.05, 4.69) is 174 Å². The minimum absolute atomic E-state index is 0.907. The lowest BCUT2D eigenvalue weighted by Gasteiger charge is -2.19. The standard InChI is InChI=1S/C49H30N2O/c1-2-14-32(15-3-1)49-50-42-23-11-12-24-43(42)51(49)33-28-26-31(27-29-33)46-36-18-6-8-20-38(36)47(39-21-9-7-19-37(39)46)41-30-45-48(35-17-5-4-16-34(35)41)40-22-10-13-25-44(40)52-45/h1-30H. The Bertz CT molecular complexity index is 3110. The molecule has 0 saturated carbocycles. The van der Waals surface area contributed by atoms with Crippen LogP contribution in [0.1, 0.15) is 0 Å². The number of hydrogen-bond acceptors (Lipinski definition) is 2. The maximum absolute atomic E-state index is 6.54. The van der Waals surface area contributed by atoms with E-state index in [4.69, 9.17) is 9.40 Å². The van der Waals surface area contributed by atoms with Gasteiger partial charge in [0.1, 0.15) is 17.0 Å². The number of furan rings is 1. The van der Waals surface area contributed by atoms with E-state index in [9.17, 15) is 0 Å². The fourth-order valence-electron chi connectivity index (χ4n) is 8.37. The van der Waals surface area contributed by atoms with Crippen LogP contribution < -0.4 is 0 Å². The van der Waals surface area contributed by atoms with Crippen LogP contribution in [0.25, 0.3) is 105 Å². The van der Waals surface area contributed by atoms with Crippen LogP contribution in [0, 0.1) is 0 Å². The van der Waals surface area contributed by atoms with Crippen molar-refractivity contribution in [3.8, 4) is 39.3 Å². The third-order valence-electron chi connectivity index (χ3n) is 10.6. The highest BCUT2D eigenvalue weighted by atomic mass is 16.3. The summed E-state index contributed by atoms with van der Waals surface area (Å²) in [6, 6.07) is 64.9. The fourth-order valence-corrected chi connectivity index (χ4v) is 8.37. The summed E-state index contributed by atoms with van der Waals surface area (Å²) in [6.07, 6.45) is 0. The molecule has 0 fully saturated rings. The van der Waals surface area contributed by atoms with Gasteiger partial charge < -0.3 is 4.42 Å². The molecule has 2 aromatic heterocycles. The van der Waals surface area contributed by atoms with Crippen molar-refractivity contribution in [2.45, 2.75) is 0 Å². The lowest BCUT2D eigenvalue weighted by Crippen LogP contribution is -1.98. The van der Waals surface area contributed by atoms with E-state index >= 15 is 0 Å². The Labute approximate surface area is 299 Å². The van der Waals surface area contributed by atoms with E-state index in [1.54, 1.807) is 0 Å². The van der Waals surface area contributed by atoms with Crippen molar-refractivity contribution in [3.05, 3.63) is 182 Å². The molecular formula is C49H30N2O. The zero-order valence-corrected chi connectivity index (χ0v) is 28.1. The Hall–Kier alpha value is -6.97. The summed E-state index contributed by atoms with van der Waals surface area (Å²) in [5.74, 6) is 0.934. The second-order valence-electron chi connectivity index (χ2n) is 13.5. The minimum Gasteiger partial charge on any atom is -0.456 e. The van der Waals surface area contributed by atoms with Crippen LogP contribution in [-0.4, -0.2) is 9.55 Å². The highest BCUT2D eigenvalue weighted by Gasteiger charge is 2.21. The lowest BCUT2D eigenvalue weighted by molar-refractivity contribution is 0.669. The first-order valence-electron chi connectivity index (χ1n) is 17.7. The van der Waals surface area contributed by atoms with Gasteiger partial charge in [0.25, 0.3) is 0 Å². The first-order chi connectivity index (χ1) is 25.8. The van der Waals surface area contributed by atoms with Crippen LogP contribution in [0.5, 0.6) is 0 Å². The number of nitrogens with zero attached hydrogens (tertiary/aromatic N) is 2. The predicted molar refractivity (Wildman–Crippen MR) is 217 cm³/mol. The molecule has 9 aromatic carbocycles. The SMILES string of the molecule is c1ccc(-c2nc3ccccc3n2-c2ccc(-c3c4ccccc4c(-c4cc5oc6ccccc6c5c5ccccc45)c4ccccc34)cc2)cc1. The Morgan fingerprint density at radius 2 is 0.962 bits per heavy atom. The summed E-state index contributed by atoms with van der Waals surface area (Å²) >= 11 is 0. The van der Waals surface area contributed by atoms with Gasteiger partial charge >= 0.3 is 0 Å². The first-order valence-corrected chi connectivity index (χ1v) is 17.7. The highest BCUT2D eigenvalue weighted by molar-refractivity contribution is 6.27. The smallest absolute Gasteiger partial charge is 0.145 e. The van der Waals surface area contributed by atoms with Gasteiger partial charge in [0, 0.05) is 22.0 Å². The molecule has 0 aliphatic carbocycles. The molecule has 242 valence electrons. The molecule has 0 unspecified atom stereocenters. The summed E-state index contributed by atoms with van der Waals surface area (Å²) in [7, 11) is 0. The molecule has 0 atom stereocenters. The quantitative estimate of drug-likeness (QED) is 0.176. The average Bonchev–Trinajstić information content (AvgIpc) is 3.79. The maximum Gasteiger partial charge on any atom is 0.145 e. The number of benzene rings is 9. The van der Waals surface area contributed by atoms with E-state index in [0.717, 1.165) is 44.7 Å². The van der Waals surface area contributed by atoms with Gasteiger partial charge in [-0.2, -0.15) is 0 Å². The van der Waals surface area contributed by atoms with E-state index in [0.29, 0.717) is 0 Å². The van der Waals surface area contributed by atoms with Crippen LogP contribution in [-0.2, 0) is 0 Å². The van der Waals surface area contributed by atoms with Crippen molar-refractivity contribution in [1.29, 1.82) is 0 Å². The van der Waals surface area contributed by atoms with E-state index in [1.807, 2.05) is 12.1 Å². The number of para-hydroxylation sites is 3. The number of imidazole rings is 1. The largest absolute Gasteiger partial charge is 0.456 e. The molecule has 0 aliphatic heterocycles. The van der Waals surface area contributed by atoms with Crippen molar-refractivity contribution in [2.75, 3.05) is 0 Å². The number of hydrogen-bond donors (Lipinski definition) is 0. The van der Waals surface area contributed by atoms with Gasteiger partial charge in [-0.1, -0.05) is 146 Å². The Morgan fingerprint density at radius 1 is 0.404 bits per heavy atom.